The van der Waals surface area contributed by atoms with Gasteiger partial charge in [-0.25, -0.2) is 4.99 Å². The van der Waals surface area contributed by atoms with Crippen molar-refractivity contribution in [2.75, 3.05) is 4.90 Å². The van der Waals surface area contributed by atoms with E-state index in [9.17, 15) is 0 Å². The van der Waals surface area contributed by atoms with Crippen molar-refractivity contribution < 1.29 is 4.79 Å². The number of nitrogens with zero attached hydrogens (tertiary/aromatic N) is 8. The van der Waals surface area contributed by atoms with Crippen LogP contribution in [0.15, 0.2) is 403 Å². The molecular formula is C110H72N8O3. The third-order valence-electron chi connectivity index (χ3n) is 25.3. The normalized spacial score (nSPS) is 13.5. The fourth-order valence-corrected chi connectivity index (χ4v) is 19.6. The van der Waals surface area contributed by atoms with Crippen LogP contribution in [0.3, 0.4) is 0 Å². The lowest BCUT2D eigenvalue weighted by atomic mass is 9.84. The fraction of sp³-hybridized carbons (Fsp3) is 0.0364. The number of hydrogen-bond donors (Lipinski definition) is 0. The van der Waals surface area contributed by atoms with Gasteiger partial charge >= 0.3 is 0 Å². The molecule has 11 heteroatoms. The van der Waals surface area contributed by atoms with Gasteiger partial charge in [-0.15, -0.1) is 0 Å². The molecule has 22 aromatic rings. The minimum absolute atomic E-state index is 0.0672. The number of rotatable bonds is 11. The Morgan fingerprint density at radius 2 is 0.736 bits per heavy atom. The van der Waals surface area contributed by atoms with Gasteiger partial charge in [0.05, 0.1) is 66.7 Å². The highest BCUT2D eigenvalue weighted by molar-refractivity contribution is 6.28. The van der Waals surface area contributed by atoms with Crippen molar-refractivity contribution in [3.05, 3.63) is 431 Å². The Labute approximate surface area is 694 Å². The van der Waals surface area contributed by atoms with Crippen LogP contribution in [0.2, 0.25) is 0 Å². The summed E-state index contributed by atoms with van der Waals surface area (Å²) in [6.07, 6.45) is 1.48. The van der Waals surface area contributed by atoms with E-state index in [-0.39, 0.29) is 22.9 Å². The van der Waals surface area contributed by atoms with Crippen LogP contribution in [0.25, 0.3) is 177 Å². The summed E-state index contributed by atoms with van der Waals surface area (Å²) < 4.78 is 12.7. The van der Waals surface area contributed by atoms with Crippen LogP contribution in [-0.2, 0) is 6.42 Å². The third kappa shape index (κ3) is 10.9. The number of anilines is 1. The number of aryl methyl sites for hydroxylation is 2. The number of aromatic nitrogens is 6. The van der Waals surface area contributed by atoms with Gasteiger partial charge in [0.2, 0.25) is 0 Å². The monoisotopic (exact) mass is 1550 g/mol. The van der Waals surface area contributed by atoms with Crippen LogP contribution in [0.4, 0.5) is 11.4 Å². The number of para-hydroxylation sites is 8. The Morgan fingerprint density at radius 1 is 0.289 bits per heavy atom. The van der Waals surface area contributed by atoms with Crippen LogP contribution in [0, 0.1) is 6.92 Å². The zero-order valence-electron chi connectivity index (χ0n) is 65.7. The summed E-state index contributed by atoms with van der Waals surface area (Å²) in [5.41, 5.74) is 31.4. The van der Waals surface area contributed by atoms with Crippen molar-refractivity contribution in [1.29, 1.82) is 0 Å². The van der Waals surface area contributed by atoms with Gasteiger partial charge in [-0.2, -0.15) is 0 Å². The van der Waals surface area contributed by atoms with E-state index in [1.165, 1.54) is 0 Å². The predicted octanol–water partition coefficient (Wildman–Crippen LogP) is 25.9. The standard InChI is InChI=1S/C110H72N8O3/c1-68-38-53-82(54-39-68)114-101-35-15-17-37-103(101)118-96-33-13-11-31-89(96)105(106(118)110(114)121)72-46-44-70(45-47-72)69-40-42-71(43-41-69)76-50-57-98-91(65-76)92-66-77(51-58-99(92)113(98)81-24-6-3-7-25-81)75-49-56-93-78(62-75)48-55-87-85-28-8-9-30-88(85)108(119)116(107(87)111-93)84-27-19-21-74(64-84)73-20-18-26-83(63-73)115-100-34-14-16-36-102(100)117-94(60-61-104(117)109(115)120)79-52-59-97-90(67-79)86-29-10-12-32-95(86)112(97)80-22-4-2-5-23-80/h2-47,49-54,56-67,87H,48,55H2,1H3. The highest BCUT2D eigenvalue weighted by atomic mass is 16.2. The molecule has 24 rings (SSSR count). The van der Waals surface area contributed by atoms with Crippen molar-refractivity contribution >= 4 is 111 Å². The zero-order chi connectivity index (χ0) is 80.2. The molecule has 121 heavy (non-hydrogen) atoms. The van der Waals surface area contributed by atoms with Crippen LogP contribution in [-0.4, -0.2) is 38.8 Å². The summed E-state index contributed by atoms with van der Waals surface area (Å²) in [6, 6.07) is 135. The lowest BCUT2D eigenvalue weighted by molar-refractivity contribution is 0.0997. The molecule has 0 radical (unpaired) electrons. The second-order valence-electron chi connectivity index (χ2n) is 32.1. The Balaban J connectivity index is 0.545. The smallest absolute Gasteiger partial charge is 0.280 e. The van der Waals surface area contributed by atoms with Crippen LogP contribution in [0.1, 0.15) is 39.4 Å². The maximum atomic E-state index is 15.4. The van der Waals surface area contributed by atoms with Crippen molar-refractivity contribution in [3.8, 4) is 89.6 Å². The van der Waals surface area contributed by atoms with Gasteiger partial charge in [0.25, 0.3) is 17.0 Å². The Kier molecular flexibility index (Phi) is 15.7. The lowest BCUT2D eigenvalue weighted by Crippen LogP contribution is -2.45. The maximum Gasteiger partial charge on any atom is 0.280 e. The SMILES string of the molecule is Cc1ccc(-n2c(=O)c3c(-c4ccc(-c5ccc(-c6ccc7c(c6)c6cc(-c8ccc9c(c8)CCC8C(=N9)N(c9cccc(-c%10cccc(-n%11c(=O)c%12ccc(-c%13ccc%14c(c%13)c%13ccccc%13n%14-c%13ccccc%13)n%12c%12ccccc%12%11)c%10)c9)C(=O)c9ccccc98)ccc6n7-c6ccccc6)cc5)cc4)c4ccccc4n3c3ccccc32)cc1. The molecule has 570 valence electrons. The zero-order valence-corrected chi connectivity index (χ0v) is 65.7. The Morgan fingerprint density at radius 3 is 1.40 bits per heavy atom. The summed E-state index contributed by atoms with van der Waals surface area (Å²) in [6.45, 7) is 2.07. The van der Waals surface area contributed by atoms with Gasteiger partial charge in [-0.1, -0.05) is 230 Å². The highest BCUT2D eigenvalue weighted by Gasteiger charge is 2.39. The number of carbonyl (C=O) groups is 1. The molecule has 0 saturated carbocycles. The molecule has 0 fully saturated rings. The Hall–Kier alpha value is -16.0. The summed E-state index contributed by atoms with van der Waals surface area (Å²) in [5.74, 6) is 0.405. The molecule has 0 spiro atoms. The molecule has 2 aliphatic heterocycles. The average molecular weight is 1550 g/mol. The molecule has 1 unspecified atom stereocenters. The number of aliphatic imine (C=N–C) groups is 1. The third-order valence-corrected chi connectivity index (χ3v) is 25.3. The summed E-state index contributed by atoms with van der Waals surface area (Å²) >= 11 is 0. The molecule has 0 saturated heterocycles. The number of hydrogen-bond acceptors (Lipinski definition) is 4. The van der Waals surface area contributed by atoms with E-state index in [1.807, 2.05) is 123 Å². The molecule has 2 aliphatic rings. The van der Waals surface area contributed by atoms with Gasteiger partial charge in [0, 0.05) is 66.7 Å². The minimum atomic E-state index is -0.169. The molecule has 8 heterocycles. The Bertz CT molecular complexity index is 8280. The number of amides is 1. The van der Waals surface area contributed by atoms with Crippen LogP contribution >= 0.6 is 0 Å². The number of amidine groups is 1. The molecule has 6 aromatic heterocycles. The summed E-state index contributed by atoms with van der Waals surface area (Å²) in [5, 5.41) is 5.62. The number of benzene rings is 16. The first-order chi connectivity index (χ1) is 59.7. The number of fused-ring (bicyclic) bond motifs is 18. The van der Waals surface area contributed by atoms with Gasteiger partial charge in [0.15, 0.2) is 0 Å². The predicted molar refractivity (Wildman–Crippen MR) is 496 cm³/mol. The molecule has 1 amide bonds. The van der Waals surface area contributed by atoms with Crippen molar-refractivity contribution in [2.24, 2.45) is 4.99 Å². The van der Waals surface area contributed by atoms with E-state index >= 15 is 14.4 Å². The van der Waals surface area contributed by atoms with E-state index in [2.05, 4.69) is 304 Å². The fourth-order valence-electron chi connectivity index (χ4n) is 19.6. The van der Waals surface area contributed by atoms with E-state index in [4.69, 9.17) is 4.99 Å². The molecule has 0 N–H and O–H groups in total. The van der Waals surface area contributed by atoms with Gasteiger partial charge in [0.1, 0.15) is 16.9 Å². The van der Waals surface area contributed by atoms with E-state index in [0.29, 0.717) is 28.1 Å². The first-order valence-electron chi connectivity index (χ1n) is 41.3. The van der Waals surface area contributed by atoms with Gasteiger partial charge < -0.3 is 17.9 Å². The second-order valence-corrected chi connectivity index (χ2v) is 32.1. The topological polar surface area (TPSA) is 95.3 Å². The van der Waals surface area contributed by atoms with E-state index in [0.717, 1.165) is 201 Å². The van der Waals surface area contributed by atoms with E-state index in [1.54, 1.807) is 0 Å². The quantitative estimate of drug-likeness (QED) is 0.129. The molecule has 1 atom stereocenters. The van der Waals surface area contributed by atoms with E-state index < -0.39 is 0 Å². The van der Waals surface area contributed by atoms with Crippen LogP contribution in [0.5, 0.6) is 0 Å². The molecular weight excluding hydrogens is 1480 g/mol. The maximum absolute atomic E-state index is 15.4. The molecule has 0 aliphatic carbocycles. The number of carbonyl (C=O) groups excluding carboxylic acids is 1. The first kappa shape index (κ1) is 69.3. The van der Waals surface area contributed by atoms with Crippen LogP contribution < -0.4 is 16.0 Å². The summed E-state index contributed by atoms with van der Waals surface area (Å²) in [7, 11) is 0. The lowest BCUT2D eigenvalue weighted by Gasteiger charge is -2.35. The highest BCUT2D eigenvalue weighted by Crippen LogP contribution is 2.46. The second kappa shape index (κ2) is 27.3. The van der Waals surface area contributed by atoms with Crippen molar-refractivity contribution in [3.63, 3.8) is 0 Å². The first-order valence-corrected chi connectivity index (χ1v) is 41.3. The molecule has 0 bridgehead atoms. The molecule has 16 aromatic carbocycles. The largest absolute Gasteiger partial charge is 0.309 e. The summed E-state index contributed by atoms with van der Waals surface area (Å²) in [4.78, 5) is 53.3. The minimum Gasteiger partial charge on any atom is -0.309 e. The van der Waals surface area contributed by atoms with Gasteiger partial charge in [-0.05, 0) is 250 Å². The van der Waals surface area contributed by atoms with Gasteiger partial charge in [-0.3, -0.25) is 28.4 Å². The van der Waals surface area contributed by atoms with Crippen molar-refractivity contribution in [1.82, 2.24) is 27.1 Å². The average Bonchev–Trinajstić information content (AvgIpc) is 1.58. The van der Waals surface area contributed by atoms with Crippen molar-refractivity contribution in [2.45, 2.75) is 25.7 Å². The molecule has 11 nitrogen and oxygen atoms in total.